The number of halogens is 1. The van der Waals surface area contributed by atoms with E-state index in [1.54, 1.807) is 18.3 Å². The van der Waals surface area contributed by atoms with Crippen LogP contribution in [-0.4, -0.2) is 36.8 Å². The third-order valence-electron chi connectivity index (χ3n) is 3.85. The highest BCUT2D eigenvalue weighted by molar-refractivity contribution is 6.04. The number of nitrogens with one attached hydrogen (secondary N) is 1. The summed E-state index contributed by atoms with van der Waals surface area (Å²) in [5, 5.41) is 6.71. The molecule has 1 N–H and O–H groups in total. The van der Waals surface area contributed by atoms with Crippen LogP contribution >= 0.6 is 0 Å². The lowest BCUT2D eigenvalue weighted by atomic mass is 10.0. The van der Waals surface area contributed by atoms with Gasteiger partial charge in [0.15, 0.2) is 0 Å². The molecular weight excluding hydrogens is 323 g/mol. The Kier molecular flexibility index (Phi) is 4.92. The Hall–Kier alpha value is -2.96. The van der Waals surface area contributed by atoms with Crippen LogP contribution in [0.4, 0.5) is 10.2 Å². The number of amides is 1. The van der Waals surface area contributed by atoms with Crippen LogP contribution in [0.2, 0.25) is 0 Å². The maximum Gasteiger partial charge on any atom is 0.264 e. The van der Waals surface area contributed by atoms with Gasteiger partial charge in [-0.05, 0) is 23.8 Å². The van der Waals surface area contributed by atoms with Crippen molar-refractivity contribution < 1.29 is 14.0 Å². The molecule has 130 valence electrons. The van der Waals surface area contributed by atoms with E-state index in [4.69, 9.17) is 4.84 Å². The predicted molar refractivity (Wildman–Crippen MR) is 92.8 cm³/mol. The van der Waals surface area contributed by atoms with Gasteiger partial charge in [0.1, 0.15) is 11.6 Å². The SMILES string of the molecule is CN(C)c1ccc(CNC(=O)[C@@H]2CC(c3cccc(F)c3)=NO2)cn1. The molecule has 1 atom stereocenters. The number of pyridine rings is 1. The zero-order valence-corrected chi connectivity index (χ0v) is 14.1. The summed E-state index contributed by atoms with van der Waals surface area (Å²) >= 11 is 0. The molecule has 25 heavy (non-hydrogen) atoms. The largest absolute Gasteiger partial charge is 0.382 e. The number of carbonyl (C=O) groups is 1. The number of aromatic nitrogens is 1. The molecule has 0 fully saturated rings. The standard InChI is InChI=1S/C18H19FN4O2/c1-23(2)17-7-6-12(10-20-17)11-21-18(24)16-9-15(22-25-16)13-4-3-5-14(19)8-13/h3-8,10,16H,9,11H2,1-2H3,(H,21,24)/t16-/m0/s1. The molecule has 7 heteroatoms. The van der Waals surface area contributed by atoms with Crippen LogP contribution in [0.1, 0.15) is 17.5 Å². The monoisotopic (exact) mass is 342 g/mol. The summed E-state index contributed by atoms with van der Waals surface area (Å²) in [6.45, 7) is 0.356. The Morgan fingerprint density at radius 1 is 1.36 bits per heavy atom. The van der Waals surface area contributed by atoms with Gasteiger partial charge in [-0.1, -0.05) is 23.4 Å². The van der Waals surface area contributed by atoms with Gasteiger partial charge in [-0.15, -0.1) is 0 Å². The molecule has 1 aromatic carbocycles. The van der Waals surface area contributed by atoms with E-state index in [-0.39, 0.29) is 11.7 Å². The molecule has 0 unspecified atom stereocenters. The summed E-state index contributed by atoms with van der Waals surface area (Å²) in [7, 11) is 3.83. The van der Waals surface area contributed by atoms with Gasteiger partial charge >= 0.3 is 0 Å². The second-order valence-electron chi connectivity index (χ2n) is 5.98. The predicted octanol–water partition coefficient (Wildman–Crippen LogP) is 2.10. The maximum atomic E-state index is 13.3. The lowest BCUT2D eigenvalue weighted by molar-refractivity contribution is -0.131. The summed E-state index contributed by atoms with van der Waals surface area (Å²) in [5.74, 6) is 0.246. The highest BCUT2D eigenvalue weighted by Gasteiger charge is 2.28. The van der Waals surface area contributed by atoms with Crippen LogP contribution in [0.3, 0.4) is 0 Å². The summed E-state index contributed by atoms with van der Waals surface area (Å²) in [6, 6.07) is 9.88. The fourth-order valence-corrected chi connectivity index (χ4v) is 2.45. The Bertz CT molecular complexity index is 790. The van der Waals surface area contributed by atoms with Crippen molar-refractivity contribution in [3.63, 3.8) is 0 Å². The number of hydrogen-bond donors (Lipinski definition) is 1. The van der Waals surface area contributed by atoms with E-state index in [1.807, 2.05) is 31.1 Å². The van der Waals surface area contributed by atoms with Gasteiger partial charge in [0.05, 0.1) is 5.71 Å². The Morgan fingerprint density at radius 3 is 2.88 bits per heavy atom. The van der Waals surface area contributed by atoms with Crippen molar-refractivity contribution in [1.82, 2.24) is 10.3 Å². The molecule has 0 saturated heterocycles. The highest BCUT2D eigenvalue weighted by atomic mass is 19.1. The smallest absolute Gasteiger partial charge is 0.264 e. The van der Waals surface area contributed by atoms with Crippen LogP contribution < -0.4 is 10.2 Å². The molecule has 3 rings (SSSR count). The lowest BCUT2D eigenvalue weighted by Crippen LogP contribution is -2.34. The molecule has 0 aliphatic carbocycles. The van der Waals surface area contributed by atoms with Gasteiger partial charge in [0.25, 0.3) is 5.91 Å². The van der Waals surface area contributed by atoms with E-state index in [0.717, 1.165) is 11.4 Å². The van der Waals surface area contributed by atoms with Crippen molar-refractivity contribution in [3.8, 4) is 0 Å². The zero-order valence-electron chi connectivity index (χ0n) is 14.1. The summed E-state index contributed by atoms with van der Waals surface area (Å²) in [6.07, 6.45) is 1.33. The molecule has 1 aromatic heterocycles. The quantitative estimate of drug-likeness (QED) is 0.904. The molecule has 2 heterocycles. The number of nitrogens with zero attached hydrogens (tertiary/aromatic N) is 3. The molecule has 0 radical (unpaired) electrons. The average Bonchev–Trinajstić information content (AvgIpc) is 3.10. The first kappa shape index (κ1) is 16.9. The van der Waals surface area contributed by atoms with Gasteiger partial charge < -0.3 is 15.1 Å². The fourth-order valence-electron chi connectivity index (χ4n) is 2.45. The van der Waals surface area contributed by atoms with Crippen molar-refractivity contribution in [3.05, 3.63) is 59.5 Å². The van der Waals surface area contributed by atoms with Gasteiger partial charge in [-0.25, -0.2) is 9.37 Å². The van der Waals surface area contributed by atoms with Crippen molar-refractivity contribution in [2.24, 2.45) is 5.16 Å². The van der Waals surface area contributed by atoms with Crippen LogP contribution in [0.15, 0.2) is 47.8 Å². The minimum absolute atomic E-state index is 0.258. The van der Waals surface area contributed by atoms with Gasteiger partial charge in [0.2, 0.25) is 6.10 Å². The van der Waals surface area contributed by atoms with Gasteiger partial charge in [-0.2, -0.15) is 0 Å². The van der Waals surface area contributed by atoms with E-state index >= 15 is 0 Å². The first-order valence-electron chi connectivity index (χ1n) is 7.91. The summed E-state index contributed by atoms with van der Waals surface area (Å²) in [5.41, 5.74) is 2.08. The maximum absolute atomic E-state index is 13.3. The first-order valence-corrected chi connectivity index (χ1v) is 7.91. The van der Waals surface area contributed by atoms with E-state index in [9.17, 15) is 9.18 Å². The van der Waals surface area contributed by atoms with E-state index in [2.05, 4.69) is 15.5 Å². The van der Waals surface area contributed by atoms with E-state index in [0.29, 0.717) is 24.2 Å². The van der Waals surface area contributed by atoms with Crippen molar-refractivity contribution in [1.29, 1.82) is 0 Å². The van der Waals surface area contributed by atoms with Crippen LogP contribution in [0.25, 0.3) is 0 Å². The minimum Gasteiger partial charge on any atom is -0.382 e. The topological polar surface area (TPSA) is 66.8 Å². The van der Waals surface area contributed by atoms with Crippen LogP contribution in [0, 0.1) is 5.82 Å². The molecule has 1 aliphatic heterocycles. The van der Waals surface area contributed by atoms with Gasteiger partial charge in [-0.3, -0.25) is 4.79 Å². The number of hydrogen-bond acceptors (Lipinski definition) is 5. The van der Waals surface area contributed by atoms with Crippen molar-refractivity contribution in [2.45, 2.75) is 19.1 Å². The molecule has 1 amide bonds. The number of rotatable bonds is 5. The van der Waals surface area contributed by atoms with Crippen molar-refractivity contribution in [2.75, 3.05) is 19.0 Å². The minimum atomic E-state index is -0.702. The molecule has 6 nitrogen and oxygen atoms in total. The molecule has 1 aliphatic rings. The van der Waals surface area contributed by atoms with Crippen molar-refractivity contribution >= 4 is 17.4 Å². The lowest BCUT2D eigenvalue weighted by Gasteiger charge is -2.12. The summed E-state index contributed by atoms with van der Waals surface area (Å²) in [4.78, 5) is 23.6. The van der Waals surface area contributed by atoms with Crippen LogP contribution in [0.5, 0.6) is 0 Å². The average molecular weight is 342 g/mol. The molecule has 2 aromatic rings. The molecule has 0 bridgehead atoms. The molecule has 0 spiro atoms. The number of oxime groups is 1. The molecule has 0 saturated carbocycles. The van der Waals surface area contributed by atoms with Crippen LogP contribution in [-0.2, 0) is 16.2 Å². The third-order valence-corrected chi connectivity index (χ3v) is 3.85. The third kappa shape index (κ3) is 4.12. The number of benzene rings is 1. The zero-order chi connectivity index (χ0) is 17.8. The Morgan fingerprint density at radius 2 is 2.20 bits per heavy atom. The number of carbonyl (C=O) groups excluding carboxylic acids is 1. The van der Waals surface area contributed by atoms with E-state index in [1.165, 1.54) is 12.1 Å². The second kappa shape index (κ2) is 7.29. The second-order valence-corrected chi connectivity index (χ2v) is 5.98. The highest BCUT2D eigenvalue weighted by Crippen LogP contribution is 2.18. The summed E-state index contributed by atoms with van der Waals surface area (Å²) < 4.78 is 13.3. The fraction of sp³-hybridized carbons (Fsp3) is 0.278. The Labute approximate surface area is 145 Å². The first-order chi connectivity index (χ1) is 12.0. The normalized spacial score (nSPS) is 16.1. The molecular formula is C18H19FN4O2. The Balaban J connectivity index is 1.53. The number of anilines is 1. The van der Waals surface area contributed by atoms with E-state index < -0.39 is 6.10 Å². The van der Waals surface area contributed by atoms with Gasteiger partial charge in [0, 0.05) is 38.8 Å².